The first-order valence-electron chi connectivity index (χ1n) is 9.51. The predicted octanol–water partition coefficient (Wildman–Crippen LogP) is 3.35. The molecule has 0 spiro atoms. The normalized spacial score (nSPS) is 11.3. The summed E-state index contributed by atoms with van der Waals surface area (Å²) in [4.78, 5) is 12.7. The molecule has 0 aliphatic carbocycles. The van der Waals surface area contributed by atoms with Crippen molar-refractivity contribution in [2.75, 3.05) is 18.0 Å². The van der Waals surface area contributed by atoms with Crippen LogP contribution in [0.2, 0.25) is 0 Å². The summed E-state index contributed by atoms with van der Waals surface area (Å²) in [5.41, 5.74) is 4.53. The fourth-order valence-corrected chi connectivity index (χ4v) is 4.40. The molecule has 7 nitrogen and oxygen atoms in total. The van der Waals surface area contributed by atoms with E-state index in [2.05, 4.69) is 10.5 Å². The summed E-state index contributed by atoms with van der Waals surface area (Å²) < 4.78 is 33.0. The van der Waals surface area contributed by atoms with Gasteiger partial charge in [0.2, 0.25) is 0 Å². The minimum absolute atomic E-state index is 0.0666. The lowest BCUT2D eigenvalue weighted by Gasteiger charge is -2.25. The van der Waals surface area contributed by atoms with Gasteiger partial charge >= 0.3 is 0 Å². The molecular formula is C23H23N3O4S. The van der Waals surface area contributed by atoms with Crippen LogP contribution >= 0.6 is 0 Å². The molecule has 160 valence electrons. The first-order chi connectivity index (χ1) is 14.9. The van der Waals surface area contributed by atoms with Gasteiger partial charge in [0.15, 0.2) is 0 Å². The van der Waals surface area contributed by atoms with Crippen molar-refractivity contribution in [3.63, 3.8) is 0 Å². The first-order valence-corrected chi connectivity index (χ1v) is 10.9. The van der Waals surface area contributed by atoms with E-state index in [1.165, 1.54) is 25.5 Å². The molecule has 0 saturated carbocycles. The van der Waals surface area contributed by atoms with Crippen LogP contribution in [0.5, 0.6) is 5.75 Å². The maximum atomic E-state index is 13.3. The molecule has 0 fully saturated rings. The number of benzene rings is 3. The van der Waals surface area contributed by atoms with Crippen LogP contribution in [0.1, 0.15) is 11.1 Å². The topological polar surface area (TPSA) is 88.1 Å². The van der Waals surface area contributed by atoms with Gasteiger partial charge in [0.05, 0.1) is 23.9 Å². The highest BCUT2D eigenvalue weighted by molar-refractivity contribution is 7.92. The number of nitrogens with zero attached hydrogens (tertiary/aromatic N) is 2. The predicted molar refractivity (Wildman–Crippen MR) is 121 cm³/mol. The average Bonchev–Trinajstić information content (AvgIpc) is 2.78. The fourth-order valence-electron chi connectivity index (χ4n) is 2.95. The number of anilines is 1. The summed E-state index contributed by atoms with van der Waals surface area (Å²) >= 11 is 0. The van der Waals surface area contributed by atoms with E-state index in [4.69, 9.17) is 4.74 Å². The van der Waals surface area contributed by atoms with E-state index < -0.39 is 22.5 Å². The van der Waals surface area contributed by atoms with E-state index in [1.807, 2.05) is 31.2 Å². The number of ether oxygens (including phenoxy) is 1. The van der Waals surface area contributed by atoms with E-state index in [-0.39, 0.29) is 10.6 Å². The summed E-state index contributed by atoms with van der Waals surface area (Å²) in [6, 6.07) is 22.2. The van der Waals surface area contributed by atoms with E-state index >= 15 is 0 Å². The number of amides is 1. The molecule has 0 radical (unpaired) electrons. The highest BCUT2D eigenvalue weighted by Gasteiger charge is 2.29. The Morgan fingerprint density at radius 1 is 1.03 bits per heavy atom. The number of sulfonamides is 1. The van der Waals surface area contributed by atoms with Crippen LogP contribution in [0.4, 0.5) is 5.69 Å². The molecule has 0 aromatic heterocycles. The van der Waals surface area contributed by atoms with Crippen LogP contribution in [-0.4, -0.2) is 34.2 Å². The summed E-state index contributed by atoms with van der Waals surface area (Å²) in [5, 5.41) is 3.95. The van der Waals surface area contributed by atoms with Crippen LogP contribution in [0.25, 0.3) is 0 Å². The number of rotatable bonds is 8. The lowest BCUT2D eigenvalue weighted by molar-refractivity contribution is -0.119. The van der Waals surface area contributed by atoms with Crippen molar-refractivity contribution in [1.29, 1.82) is 0 Å². The Kier molecular flexibility index (Phi) is 7.04. The van der Waals surface area contributed by atoms with Crippen LogP contribution in [0, 0.1) is 6.92 Å². The summed E-state index contributed by atoms with van der Waals surface area (Å²) in [6.45, 7) is 1.48. The fraction of sp³-hybridized carbons (Fsp3) is 0.130. The SMILES string of the molecule is COc1ccccc1N(CC(=O)N/N=C/c1cccc(C)c1)S(=O)(=O)c1ccccc1. The third kappa shape index (κ3) is 5.49. The molecule has 0 unspecified atom stereocenters. The minimum Gasteiger partial charge on any atom is -0.495 e. The third-order valence-electron chi connectivity index (χ3n) is 4.42. The molecule has 0 bridgehead atoms. The maximum absolute atomic E-state index is 13.3. The molecule has 1 amide bonds. The van der Waals surface area contributed by atoms with Crippen LogP contribution in [0.3, 0.4) is 0 Å². The Hall–Kier alpha value is -3.65. The number of hydrogen-bond donors (Lipinski definition) is 1. The zero-order chi connectivity index (χ0) is 22.3. The van der Waals surface area contributed by atoms with Gasteiger partial charge in [-0.3, -0.25) is 9.10 Å². The van der Waals surface area contributed by atoms with Crippen molar-refractivity contribution >= 4 is 27.8 Å². The van der Waals surface area contributed by atoms with Gasteiger partial charge in [-0.15, -0.1) is 0 Å². The standard InChI is InChI=1S/C23H23N3O4S/c1-18-9-8-10-19(15-18)16-24-25-23(27)17-26(21-13-6-7-14-22(21)30-2)31(28,29)20-11-4-3-5-12-20/h3-16H,17H2,1-2H3,(H,25,27)/b24-16+. The Morgan fingerprint density at radius 3 is 2.45 bits per heavy atom. The summed E-state index contributed by atoms with van der Waals surface area (Å²) in [6.07, 6.45) is 1.50. The minimum atomic E-state index is -4.02. The number of carbonyl (C=O) groups excluding carboxylic acids is 1. The van der Waals surface area contributed by atoms with Gasteiger partial charge < -0.3 is 4.74 Å². The van der Waals surface area contributed by atoms with E-state index in [1.54, 1.807) is 42.5 Å². The number of para-hydroxylation sites is 2. The molecule has 8 heteroatoms. The second-order valence-corrected chi connectivity index (χ2v) is 8.57. The molecule has 3 aromatic carbocycles. The van der Waals surface area contributed by atoms with Crippen molar-refractivity contribution in [2.24, 2.45) is 5.10 Å². The van der Waals surface area contributed by atoms with Crippen molar-refractivity contribution in [1.82, 2.24) is 5.43 Å². The zero-order valence-electron chi connectivity index (χ0n) is 17.2. The van der Waals surface area contributed by atoms with E-state index in [0.717, 1.165) is 15.4 Å². The average molecular weight is 438 g/mol. The Morgan fingerprint density at radius 2 is 1.74 bits per heavy atom. The molecule has 3 rings (SSSR count). The van der Waals surface area contributed by atoms with Crippen LogP contribution in [-0.2, 0) is 14.8 Å². The molecule has 0 heterocycles. The summed E-state index contributed by atoms with van der Waals surface area (Å²) in [7, 11) is -2.58. The van der Waals surface area contributed by atoms with Gasteiger partial charge in [-0.2, -0.15) is 5.10 Å². The number of carbonyl (C=O) groups is 1. The number of hydrogen-bond acceptors (Lipinski definition) is 5. The van der Waals surface area contributed by atoms with Gasteiger partial charge in [0.1, 0.15) is 12.3 Å². The van der Waals surface area contributed by atoms with Crippen molar-refractivity contribution in [3.8, 4) is 5.75 Å². The highest BCUT2D eigenvalue weighted by Crippen LogP contribution is 2.31. The number of nitrogens with one attached hydrogen (secondary N) is 1. The molecule has 31 heavy (non-hydrogen) atoms. The molecule has 0 saturated heterocycles. The number of methoxy groups -OCH3 is 1. The van der Waals surface area contributed by atoms with Gasteiger partial charge in [-0.05, 0) is 36.8 Å². The lowest BCUT2D eigenvalue weighted by Crippen LogP contribution is -2.39. The first kappa shape index (κ1) is 22.0. The van der Waals surface area contributed by atoms with Crippen LogP contribution < -0.4 is 14.5 Å². The number of aryl methyl sites for hydroxylation is 1. The maximum Gasteiger partial charge on any atom is 0.264 e. The van der Waals surface area contributed by atoms with Gasteiger partial charge in [-0.1, -0.05) is 60.2 Å². The zero-order valence-corrected chi connectivity index (χ0v) is 18.0. The molecule has 0 aliphatic rings. The lowest BCUT2D eigenvalue weighted by atomic mass is 10.2. The summed E-state index contributed by atoms with van der Waals surface area (Å²) in [5.74, 6) is -0.257. The van der Waals surface area contributed by atoms with E-state index in [9.17, 15) is 13.2 Å². The third-order valence-corrected chi connectivity index (χ3v) is 6.19. The monoisotopic (exact) mass is 437 g/mol. The second-order valence-electron chi connectivity index (χ2n) is 6.70. The second kappa shape index (κ2) is 9.90. The molecule has 0 aliphatic heterocycles. The smallest absolute Gasteiger partial charge is 0.264 e. The Balaban J connectivity index is 1.87. The largest absolute Gasteiger partial charge is 0.495 e. The van der Waals surface area contributed by atoms with Crippen molar-refractivity contribution in [2.45, 2.75) is 11.8 Å². The van der Waals surface area contributed by atoms with Crippen molar-refractivity contribution < 1.29 is 17.9 Å². The van der Waals surface area contributed by atoms with Crippen LogP contribution in [0.15, 0.2) is 88.9 Å². The molecule has 0 atom stereocenters. The molecular weight excluding hydrogens is 414 g/mol. The van der Waals surface area contributed by atoms with Gasteiger partial charge in [0.25, 0.3) is 15.9 Å². The molecule has 1 N–H and O–H groups in total. The molecule has 3 aromatic rings. The van der Waals surface area contributed by atoms with E-state index in [0.29, 0.717) is 5.75 Å². The Labute approximate surface area is 182 Å². The quantitative estimate of drug-likeness (QED) is 0.432. The van der Waals surface area contributed by atoms with Gasteiger partial charge in [-0.25, -0.2) is 13.8 Å². The Bertz CT molecular complexity index is 1180. The number of hydrazone groups is 1. The highest BCUT2D eigenvalue weighted by atomic mass is 32.2. The van der Waals surface area contributed by atoms with Gasteiger partial charge in [0, 0.05) is 0 Å². The van der Waals surface area contributed by atoms with Crippen molar-refractivity contribution in [3.05, 3.63) is 90.0 Å².